The second-order valence-electron chi connectivity index (χ2n) is 4.04. The van der Waals surface area contributed by atoms with Crippen LogP contribution in [0.15, 0.2) is 22.8 Å². The molecule has 0 atom stereocenters. The predicted molar refractivity (Wildman–Crippen MR) is 78.5 cm³/mol. The third-order valence-electron chi connectivity index (χ3n) is 2.68. The van der Waals surface area contributed by atoms with E-state index in [0.29, 0.717) is 10.3 Å². The van der Waals surface area contributed by atoms with Crippen LogP contribution in [0.5, 0.6) is 0 Å². The largest absolute Gasteiger partial charge is 0.288 e. The van der Waals surface area contributed by atoms with Gasteiger partial charge in [0.1, 0.15) is 10.3 Å². The van der Waals surface area contributed by atoms with Gasteiger partial charge in [-0.1, -0.05) is 19.9 Å². The highest BCUT2D eigenvalue weighted by molar-refractivity contribution is 9.10. The summed E-state index contributed by atoms with van der Waals surface area (Å²) in [5, 5.41) is 10.6. The first kappa shape index (κ1) is 14.5. The molecular weight excluding hydrogens is 322 g/mol. The quantitative estimate of drug-likeness (QED) is 0.867. The molecular formula is C13H14BrN5O. The summed E-state index contributed by atoms with van der Waals surface area (Å²) in [6.07, 6.45) is 1.52. The van der Waals surface area contributed by atoms with Crippen molar-refractivity contribution < 1.29 is 4.79 Å². The molecule has 104 valence electrons. The van der Waals surface area contributed by atoms with Gasteiger partial charge in [0, 0.05) is 0 Å². The van der Waals surface area contributed by atoms with Crippen LogP contribution in [0.4, 0.5) is 5.95 Å². The van der Waals surface area contributed by atoms with Crippen LogP contribution < -0.4 is 5.32 Å². The lowest BCUT2D eigenvalue weighted by Crippen LogP contribution is -2.17. The molecule has 20 heavy (non-hydrogen) atoms. The minimum atomic E-state index is -0.362. The average Bonchev–Trinajstić information content (AvgIpc) is 2.47. The van der Waals surface area contributed by atoms with Crippen molar-refractivity contribution in [3.05, 3.63) is 39.9 Å². The molecule has 0 unspecified atom stereocenters. The normalized spacial score (nSPS) is 10.3. The van der Waals surface area contributed by atoms with Gasteiger partial charge in [0.25, 0.3) is 5.91 Å². The van der Waals surface area contributed by atoms with Crippen molar-refractivity contribution >= 4 is 27.8 Å². The number of rotatable bonds is 4. The summed E-state index contributed by atoms with van der Waals surface area (Å²) in [5.74, 6) is -0.162. The summed E-state index contributed by atoms with van der Waals surface area (Å²) in [4.78, 5) is 20.4. The molecule has 2 rings (SSSR count). The van der Waals surface area contributed by atoms with E-state index in [-0.39, 0.29) is 11.9 Å². The Hall–Kier alpha value is -1.89. The van der Waals surface area contributed by atoms with Crippen molar-refractivity contribution in [2.75, 3.05) is 5.32 Å². The van der Waals surface area contributed by atoms with Crippen LogP contribution in [0.2, 0.25) is 0 Å². The Morgan fingerprint density at radius 1 is 1.15 bits per heavy atom. The Morgan fingerprint density at radius 3 is 2.55 bits per heavy atom. The highest BCUT2D eigenvalue weighted by atomic mass is 79.9. The molecule has 1 amide bonds. The van der Waals surface area contributed by atoms with Crippen LogP contribution in [0.3, 0.4) is 0 Å². The molecule has 7 heteroatoms. The van der Waals surface area contributed by atoms with Crippen LogP contribution in [0.1, 0.15) is 35.7 Å². The van der Waals surface area contributed by atoms with E-state index in [0.717, 1.165) is 24.2 Å². The fourth-order valence-corrected chi connectivity index (χ4v) is 2.03. The van der Waals surface area contributed by atoms with E-state index in [9.17, 15) is 4.79 Å². The summed E-state index contributed by atoms with van der Waals surface area (Å²) >= 11 is 3.22. The van der Waals surface area contributed by atoms with Crippen molar-refractivity contribution in [1.82, 2.24) is 20.2 Å². The number of pyridine rings is 1. The number of halogens is 1. The lowest BCUT2D eigenvalue weighted by molar-refractivity contribution is 0.102. The van der Waals surface area contributed by atoms with Crippen LogP contribution in [-0.2, 0) is 12.8 Å². The molecule has 1 N–H and O–H groups in total. The molecule has 2 heterocycles. The fraction of sp³-hybridized carbons (Fsp3) is 0.308. The van der Waals surface area contributed by atoms with Gasteiger partial charge in [0.05, 0.1) is 11.4 Å². The Balaban J connectivity index is 2.19. The first-order valence-electron chi connectivity index (χ1n) is 6.30. The number of carbonyl (C=O) groups excluding carboxylic acids is 1. The van der Waals surface area contributed by atoms with Crippen molar-refractivity contribution in [3.8, 4) is 0 Å². The number of amides is 1. The summed E-state index contributed by atoms with van der Waals surface area (Å²) < 4.78 is 0.597. The number of nitrogens with zero attached hydrogens (tertiary/aromatic N) is 4. The highest BCUT2D eigenvalue weighted by Gasteiger charge is 2.12. The van der Waals surface area contributed by atoms with Gasteiger partial charge in [-0.3, -0.25) is 10.1 Å². The smallest absolute Gasteiger partial charge is 0.276 e. The third-order valence-corrected chi connectivity index (χ3v) is 3.12. The zero-order valence-corrected chi connectivity index (χ0v) is 12.8. The molecule has 2 aromatic rings. The van der Waals surface area contributed by atoms with Gasteiger partial charge in [-0.05, 0) is 40.9 Å². The number of nitrogens with one attached hydrogen (secondary N) is 1. The molecule has 0 aliphatic rings. The van der Waals surface area contributed by atoms with Gasteiger partial charge in [0.15, 0.2) is 0 Å². The second-order valence-corrected chi connectivity index (χ2v) is 4.85. The molecule has 0 aromatic carbocycles. The molecule has 0 radical (unpaired) electrons. The molecule has 0 saturated heterocycles. The summed E-state index contributed by atoms with van der Waals surface area (Å²) in [5.41, 5.74) is 1.99. The highest BCUT2D eigenvalue weighted by Crippen LogP contribution is 2.10. The van der Waals surface area contributed by atoms with E-state index in [2.05, 4.69) is 41.4 Å². The van der Waals surface area contributed by atoms with Crippen LogP contribution in [-0.4, -0.2) is 26.1 Å². The topological polar surface area (TPSA) is 80.7 Å². The SMILES string of the molecule is CCc1nnc(NC(=O)c2cccc(Br)n2)nc1CC. The first-order valence-corrected chi connectivity index (χ1v) is 7.09. The molecule has 0 bridgehead atoms. The van der Waals surface area contributed by atoms with Crippen molar-refractivity contribution in [2.24, 2.45) is 0 Å². The fourth-order valence-electron chi connectivity index (χ4n) is 1.69. The monoisotopic (exact) mass is 335 g/mol. The van der Waals surface area contributed by atoms with Crippen LogP contribution >= 0.6 is 15.9 Å². The van der Waals surface area contributed by atoms with Gasteiger partial charge in [-0.2, -0.15) is 0 Å². The molecule has 0 saturated carbocycles. The van der Waals surface area contributed by atoms with Gasteiger partial charge < -0.3 is 0 Å². The third kappa shape index (κ3) is 3.36. The molecule has 6 nitrogen and oxygen atoms in total. The van der Waals surface area contributed by atoms with Crippen LogP contribution in [0.25, 0.3) is 0 Å². The van der Waals surface area contributed by atoms with E-state index in [1.54, 1.807) is 18.2 Å². The zero-order chi connectivity index (χ0) is 14.5. The molecule has 0 spiro atoms. The van der Waals surface area contributed by atoms with E-state index in [4.69, 9.17) is 0 Å². The molecule has 2 aromatic heterocycles. The minimum absolute atomic E-state index is 0.200. The number of hydrogen-bond donors (Lipinski definition) is 1. The van der Waals surface area contributed by atoms with E-state index in [1.807, 2.05) is 13.8 Å². The Kier molecular flexibility index (Phi) is 4.73. The maximum absolute atomic E-state index is 12.0. The number of carbonyl (C=O) groups is 1. The lowest BCUT2D eigenvalue weighted by Gasteiger charge is -2.06. The van der Waals surface area contributed by atoms with Crippen LogP contribution in [0, 0.1) is 0 Å². The minimum Gasteiger partial charge on any atom is -0.288 e. The van der Waals surface area contributed by atoms with E-state index >= 15 is 0 Å². The van der Waals surface area contributed by atoms with Crippen molar-refractivity contribution in [1.29, 1.82) is 0 Å². The van der Waals surface area contributed by atoms with E-state index in [1.165, 1.54) is 0 Å². The summed E-state index contributed by atoms with van der Waals surface area (Å²) in [6, 6.07) is 5.11. The van der Waals surface area contributed by atoms with Gasteiger partial charge in [0.2, 0.25) is 5.95 Å². The standard InChI is InChI=1S/C13H14BrN5O/c1-3-8-9(4-2)18-19-13(16-8)17-12(20)10-6-5-7-11(14)15-10/h5-7H,3-4H2,1-2H3,(H,16,17,19,20). The molecule has 0 aliphatic carbocycles. The Bertz CT molecular complexity index is 632. The summed E-state index contributed by atoms with van der Waals surface area (Å²) in [6.45, 7) is 3.99. The maximum atomic E-state index is 12.0. The average molecular weight is 336 g/mol. The van der Waals surface area contributed by atoms with Gasteiger partial charge in [-0.25, -0.2) is 9.97 Å². The molecule has 0 aliphatic heterocycles. The number of aryl methyl sites for hydroxylation is 2. The number of hydrogen-bond acceptors (Lipinski definition) is 5. The Labute approximate surface area is 125 Å². The Morgan fingerprint density at radius 2 is 1.90 bits per heavy atom. The zero-order valence-electron chi connectivity index (χ0n) is 11.2. The van der Waals surface area contributed by atoms with Crippen molar-refractivity contribution in [2.45, 2.75) is 26.7 Å². The second kappa shape index (κ2) is 6.51. The van der Waals surface area contributed by atoms with Gasteiger partial charge >= 0.3 is 0 Å². The van der Waals surface area contributed by atoms with Gasteiger partial charge in [-0.15, -0.1) is 10.2 Å². The maximum Gasteiger partial charge on any atom is 0.276 e. The predicted octanol–water partition coefficient (Wildman–Crippen LogP) is 2.41. The number of aromatic nitrogens is 4. The number of anilines is 1. The summed E-state index contributed by atoms with van der Waals surface area (Å²) in [7, 11) is 0. The lowest BCUT2D eigenvalue weighted by atomic mass is 10.2. The first-order chi connectivity index (χ1) is 9.63. The molecule has 0 fully saturated rings. The van der Waals surface area contributed by atoms with E-state index < -0.39 is 0 Å². The van der Waals surface area contributed by atoms with Crippen molar-refractivity contribution in [3.63, 3.8) is 0 Å².